The van der Waals surface area contributed by atoms with Gasteiger partial charge in [0.15, 0.2) is 0 Å². The number of amides is 1. The van der Waals surface area contributed by atoms with Gasteiger partial charge in [-0.15, -0.1) is 0 Å². The number of aromatic nitrogens is 1. The molecule has 2 unspecified atom stereocenters. The van der Waals surface area contributed by atoms with Gasteiger partial charge in [0.05, 0.1) is 17.9 Å². The van der Waals surface area contributed by atoms with Crippen molar-refractivity contribution in [1.82, 2.24) is 10.3 Å². The average molecular weight is 273 g/mol. The van der Waals surface area contributed by atoms with E-state index in [4.69, 9.17) is 16.3 Å². The lowest BCUT2D eigenvalue weighted by molar-refractivity contribution is 0.0136. The zero-order valence-electron chi connectivity index (χ0n) is 9.95. The summed E-state index contributed by atoms with van der Waals surface area (Å²) in [6.07, 6.45) is 2.59. The van der Waals surface area contributed by atoms with Crippen molar-refractivity contribution in [3.63, 3.8) is 0 Å². The second kappa shape index (κ2) is 5.63. The number of hydrogen-bond donors (Lipinski definition) is 1. The first-order chi connectivity index (χ1) is 8.56. The molecule has 98 valence electrons. The van der Waals surface area contributed by atoms with Gasteiger partial charge in [-0.1, -0.05) is 11.6 Å². The van der Waals surface area contributed by atoms with Crippen LogP contribution in [0.4, 0.5) is 4.39 Å². The lowest BCUT2D eigenvalue weighted by atomic mass is 10.0. The van der Waals surface area contributed by atoms with Crippen molar-refractivity contribution in [2.75, 3.05) is 6.61 Å². The van der Waals surface area contributed by atoms with Crippen LogP contribution < -0.4 is 5.32 Å². The second-order valence-corrected chi connectivity index (χ2v) is 4.73. The third-order valence-corrected chi connectivity index (χ3v) is 3.17. The highest BCUT2D eigenvalue weighted by Crippen LogP contribution is 2.17. The van der Waals surface area contributed by atoms with Crippen molar-refractivity contribution in [3.8, 4) is 0 Å². The molecule has 1 aliphatic heterocycles. The molecule has 18 heavy (non-hydrogen) atoms. The maximum absolute atomic E-state index is 13.0. The van der Waals surface area contributed by atoms with Crippen molar-refractivity contribution >= 4 is 17.5 Å². The summed E-state index contributed by atoms with van der Waals surface area (Å²) in [6.45, 7) is 2.57. The molecule has 1 N–H and O–H groups in total. The molecule has 1 aromatic heterocycles. The number of nitrogens with one attached hydrogen (secondary N) is 1. The largest absolute Gasteiger partial charge is 0.378 e. The van der Waals surface area contributed by atoms with Gasteiger partial charge in [0.1, 0.15) is 11.0 Å². The Balaban J connectivity index is 2.05. The zero-order chi connectivity index (χ0) is 13.1. The number of halogens is 2. The molecule has 1 amide bonds. The Bertz CT molecular complexity index is 456. The first kappa shape index (κ1) is 13.2. The van der Waals surface area contributed by atoms with Crippen molar-refractivity contribution in [3.05, 3.63) is 28.8 Å². The second-order valence-electron chi connectivity index (χ2n) is 4.37. The standard InChI is InChI=1S/C12H14ClFN2O2/c1-7-4-9(2-3-18-7)16-12(17)10-5-8(14)6-15-11(10)13/h5-7,9H,2-4H2,1H3,(H,16,17). The van der Waals surface area contributed by atoms with E-state index < -0.39 is 11.7 Å². The average Bonchev–Trinajstić information content (AvgIpc) is 2.32. The Labute approximate surface area is 109 Å². The number of rotatable bonds is 2. The summed E-state index contributed by atoms with van der Waals surface area (Å²) in [4.78, 5) is 15.6. The van der Waals surface area contributed by atoms with Crippen LogP contribution >= 0.6 is 11.6 Å². The molecule has 0 radical (unpaired) electrons. The van der Waals surface area contributed by atoms with Crippen LogP contribution in [0.25, 0.3) is 0 Å². The zero-order valence-corrected chi connectivity index (χ0v) is 10.7. The molecule has 2 atom stereocenters. The van der Waals surface area contributed by atoms with Gasteiger partial charge < -0.3 is 10.1 Å². The first-order valence-corrected chi connectivity index (χ1v) is 6.17. The van der Waals surface area contributed by atoms with E-state index in [1.807, 2.05) is 6.92 Å². The van der Waals surface area contributed by atoms with Gasteiger partial charge in [0.25, 0.3) is 5.91 Å². The van der Waals surface area contributed by atoms with Crippen LogP contribution in [0.2, 0.25) is 5.15 Å². The molecular formula is C12H14ClFN2O2. The maximum atomic E-state index is 13.0. The first-order valence-electron chi connectivity index (χ1n) is 5.80. The van der Waals surface area contributed by atoms with E-state index >= 15 is 0 Å². The fourth-order valence-electron chi connectivity index (χ4n) is 1.97. The number of carbonyl (C=O) groups excluding carboxylic acids is 1. The van der Waals surface area contributed by atoms with Crippen LogP contribution in [-0.4, -0.2) is 29.6 Å². The van der Waals surface area contributed by atoms with Gasteiger partial charge in [-0.2, -0.15) is 0 Å². The Morgan fingerprint density at radius 3 is 3.17 bits per heavy atom. The van der Waals surface area contributed by atoms with Gasteiger partial charge in [-0.3, -0.25) is 4.79 Å². The minimum absolute atomic E-state index is 0.00834. The molecule has 2 heterocycles. The van der Waals surface area contributed by atoms with Crippen LogP contribution in [0.5, 0.6) is 0 Å². The van der Waals surface area contributed by atoms with Gasteiger partial charge in [-0.25, -0.2) is 9.37 Å². The third-order valence-electron chi connectivity index (χ3n) is 2.87. The molecule has 0 aromatic carbocycles. The highest BCUT2D eigenvalue weighted by molar-refractivity contribution is 6.32. The summed E-state index contributed by atoms with van der Waals surface area (Å²) >= 11 is 5.77. The predicted molar refractivity (Wildman–Crippen MR) is 65.1 cm³/mol. The van der Waals surface area contributed by atoms with E-state index in [1.165, 1.54) is 0 Å². The van der Waals surface area contributed by atoms with E-state index in [-0.39, 0.29) is 22.9 Å². The Morgan fingerprint density at radius 2 is 2.44 bits per heavy atom. The smallest absolute Gasteiger partial charge is 0.254 e. The summed E-state index contributed by atoms with van der Waals surface area (Å²) < 4.78 is 18.4. The molecule has 0 bridgehead atoms. The molecular weight excluding hydrogens is 259 g/mol. The van der Waals surface area contributed by atoms with E-state index in [0.29, 0.717) is 6.61 Å². The van der Waals surface area contributed by atoms with Crippen LogP contribution in [0.1, 0.15) is 30.1 Å². The number of nitrogens with zero attached hydrogens (tertiary/aromatic N) is 1. The predicted octanol–water partition coefficient (Wildman–Crippen LogP) is 2.17. The summed E-state index contributed by atoms with van der Waals surface area (Å²) in [7, 11) is 0. The summed E-state index contributed by atoms with van der Waals surface area (Å²) in [6, 6.07) is 1.12. The minimum atomic E-state index is -0.579. The fraction of sp³-hybridized carbons (Fsp3) is 0.500. The number of carbonyl (C=O) groups is 1. The van der Waals surface area contributed by atoms with E-state index in [1.54, 1.807) is 0 Å². The van der Waals surface area contributed by atoms with E-state index in [9.17, 15) is 9.18 Å². The number of ether oxygens (including phenoxy) is 1. The normalized spacial score (nSPS) is 23.7. The van der Waals surface area contributed by atoms with Crippen molar-refractivity contribution in [1.29, 1.82) is 0 Å². The molecule has 4 nitrogen and oxygen atoms in total. The summed E-state index contributed by atoms with van der Waals surface area (Å²) in [5, 5.41) is 2.83. The maximum Gasteiger partial charge on any atom is 0.254 e. The summed E-state index contributed by atoms with van der Waals surface area (Å²) in [5.74, 6) is -0.976. The van der Waals surface area contributed by atoms with Gasteiger partial charge >= 0.3 is 0 Å². The van der Waals surface area contributed by atoms with Crippen LogP contribution in [0, 0.1) is 5.82 Å². The Morgan fingerprint density at radius 1 is 1.67 bits per heavy atom. The monoisotopic (exact) mass is 272 g/mol. The van der Waals surface area contributed by atoms with E-state index in [0.717, 1.165) is 25.1 Å². The fourth-order valence-corrected chi connectivity index (χ4v) is 2.16. The van der Waals surface area contributed by atoms with Crippen molar-refractivity contribution in [2.45, 2.75) is 31.9 Å². The van der Waals surface area contributed by atoms with Crippen LogP contribution in [0.15, 0.2) is 12.3 Å². The molecule has 0 spiro atoms. The van der Waals surface area contributed by atoms with Gasteiger partial charge in [0, 0.05) is 12.6 Å². The molecule has 1 aromatic rings. The highest BCUT2D eigenvalue weighted by Gasteiger charge is 2.22. The highest BCUT2D eigenvalue weighted by atomic mass is 35.5. The SMILES string of the molecule is CC1CC(NC(=O)c2cc(F)cnc2Cl)CCO1. The van der Waals surface area contributed by atoms with Crippen molar-refractivity contribution < 1.29 is 13.9 Å². The van der Waals surface area contributed by atoms with Crippen LogP contribution in [-0.2, 0) is 4.74 Å². The lowest BCUT2D eigenvalue weighted by Crippen LogP contribution is -2.41. The third kappa shape index (κ3) is 3.17. The Hall–Kier alpha value is -1.20. The topological polar surface area (TPSA) is 51.2 Å². The lowest BCUT2D eigenvalue weighted by Gasteiger charge is -2.27. The molecule has 1 aliphatic rings. The summed E-state index contributed by atoms with van der Waals surface area (Å²) in [5.41, 5.74) is 0.0656. The molecule has 1 fully saturated rings. The Kier molecular flexibility index (Phi) is 4.14. The number of hydrogen-bond acceptors (Lipinski definition) is 3. The molecule has 0 aliphatic carbocycles. The van der Waals surface area contributed by atoms with Gasteiger partial charge in [0.2, 0.25) is 0 Å². The van der Waals surface area contributed by atoms with E-state index in [2.05, 4.69) is 10.3 Å². The van der Waals surface area contributed by atoms with Crippen molar-refractivity contribution in [2.24, 2.45) is 0 Å². The van der Waals surface area contributed by atoms with Crippen LogP contribution in [0.3, 0.4) is 0 Å². The molecule has 6 heteroatoms. The molecule has 2 rings (SSSR count). The van der Waals surface area contributed by atoms with Gasteiger partial charge in [-0.05, 0) is 25.8 Å². The minimum Gasteiger partial charge on any atom is -0.378 e. The molecule has 0 saturated carbocycles. The number of pyridine rings is 1. The molecule has 1 saturated heterocycles. The quantitative estimate of drug-likeness (QED) is 0.840.